The highest BCUT2D eigenvalue weighted by atomic mass is 16.6. The summed E-state index contributed by atoms with van der Waals surface area (Å²) in [5, 5.41) is 11.2. The van der Waals surface area contributed by atoms with Crippen molar-refractivity contribution < 1.29 is 14.5 Å². The summed E-state index contributed by atoms with van der Waals surface area (Å²) in [6.45, 7) is 2.69. The van der Waals surface area contributed by atoms with Crippen molar-refractivity contribution in [3.05, 3.63) is 33.9 Å². The number of ether oxygens (including phenoxy) is 1. The molecule has 1 fully saturated rings. The number of anilines is 1. The maximum atomic E-state index is 12.6. The van der Waals surface area contributed by atoms with Crippen LogP contribution in [0.25, 0.3) is 0 Å². The first-order valence-corrected chi connectivity index (χ1v) is 8.28. The highest BCUT2D eigenvalue weighted by Gasteiger charge is 2.29. The first-order valence-electron chi connectivity index (χ1n) is 8.28. The molecule has 0 saturated carbocycles. The van der Waals surface area contributed by atoms with Gasteiger partial charge < -0.3 is 9.64 Å². The first kappa shape index (κ1) is 15.9. The smallest absolute Gasteiger partial charge is 0.274 e. The molecule has 1 aromatic carbocycles. The minimum absolute atomic E-state index is 0.0367. The monoisotopic (exact) mass is 318 g/mol. The normalized spacial score (nSPS) is 23.6. The fourth-order valence-corrected chi connectivity index (χ4v) is 3.55. The molecule has 1 saturated heterocycles. The molecule has 1 aromatic rings. The number of fused-ring (bicyclic) bond motifs is 1. The fourth-order valence-electron chi connectivity index (χ4n) is 3.55. The Bertz CT molecular complexity index is 617. The van der Waals surface area contributed by atoms with Crippen molar-refractivity contribution in [2.75, 3.05) is 11.4 Å². The molecule has 0 aliphatic carbocycles. The molecule has 2 unspecified atom stereocenters. The van der Waals surface area contributed by atoms with E-state index in [4.69, 9.17) is 4.74 Å². The summed E-state index contributed by atoms with van der Waals surface area (Å²) in [6.07, 6.45) is 5.09. The summed E-state index contributed by atoms with van der Waals surface area (Å²) in [4.78, 5) is 25.1. The van der Waals surface area contributed by atoms with Crippen molar-refractivity contribution in [2.24, 2.45) is 0 Å². The van der Waals surface area contributed by atoms with Crippen LogP contribution in [0.15, 0.2) is 18.2 Å². The van der Waals surface area contributed by atoms with E-state index in [0.717, 1.165) is 25.7 Å². The minimum atomic E-state index is -0.361. The molecule has 2 aliphatic heterocycles. The fraction of sp³-hybridized carbons (Fsp3) is 0.588. The second kappa shape index (κ2) is 6.66. The molecule has 0 spiro atoms. The van der Waals surface area contributed by atoms with Crippen molar-refractivity contribution in [1.29, 1.82) is 0 Å². The van der Waals surface area contributed by atoms with E-state index >= 15 is 0 Å². The Labute approximate surface area is 135 Å². The quantitative estimate of drug-likeness (QED) is 0.631. The SMILES string of the molecule is CC1CCC(CCC(=O)N2CCCc3c2cccc3[N+](=O)[O-])O1. The zero-order valence-corrected chi connectivity index (χ0v) is 13.4. The van der Waals surface area contributed by atoms with Crippen LogP contribution in [0.4, 0.5) is 11.4 Å². The van der Waals surface area contributed by atoms with Gasteiger partial charge in [-0.15, -0.1) is 0 Å². The Morgan fingerprint density at radius 1 is 1.43 bits per heavy atom. The van der Waals surface area contributed by atoms with E-state index < -0.39 is 0 Å². The van der Waals surface area contributed by atoms with Gasteiger partial charge in [0.2, 0.25) is 5.91 Å². The third-order valence-electron chi connectivity index (χ3n) is 4.72. The largest absolute Gasteiger partial charge is 0.375 e. The van der Waals surface area contributed by atoms with E-state index in [1.807, 2.05) is 6.07 Å². The lowest BCUT2D eigenvalue weighted by atomic mass is 9.99. The second-order valence-corrected chi connectivity index (χ2v) is 6.37. The predicted molar refractivity (Wildman–Crippen MR) is 86.6 cm³/mol. The predicted octanol–water partition coefficient (Wildman–Crippen LogP) is 3.22. The van der Waals surface area contributed by atoms with Crippen molar-refractivity contribution in [3.63, 3.8) is 0 Å². The van der Waals surface area contributed by atoms with E-state index in [0.29, 0.717) is 30.6 Å². The van der Waals surface area contributed by atoms with Crippen LogP contribution in [0.3, 0.4) is 0 Å². The number of nitrogens with zero attached hydrogens (tertiary/aromatic N) is 2. The van der Waals surface area contributed by atoms with E-state index in [2.05, 4.69) is 6.92 Å². The van der Waals surface area contributed by atoms with Gasteiger partial charge >= 0.3 is 0 Å². The third-order valence-corrected chi connectivity index (χ3v) is 4.72. The average Bonchev–Trinajstić information content (AvgIpc) is 2.96. The number of hydrogen-bond donors (Lipinski definition) is 0. The van der Waals surface area contributed by atoms with Crippen LogP contribution in [-0.4, -0.2) is 29.6 Å². The van der Waals surface area contributed by atoms with Crippen molar-refractivity contribution >= 4 is 17.3 Å². The zero-order valence-electron chi connectivity index (χ0n) is 13.4. The summed E-state index contributed by atoms with van der Waals surface area (Å²) < 4.78 is 5.76. The molecule has 1 amide bonds. The van der Waals surface area contributed by atoms with Crippen LogP contribution in [-0.2, 0) is 16.0 Å². The Kier molecular flexibility index (Phi) is 4.61. The number of hydrogen-bond acceptors (Lipinski definition) is 4. The number of nitro groups is 1. The Morgan fingerprint density at radius 2 is 2.26 bits per heavy atom. The summed E-state index contributed by atoms with van der Waals surface area (Å²) in [7, 11) is 0. The van der Waals surface area contributed by atoms with Gasteiger partial charge in [-0.25, -0.2) is 0 Å². The van der Waals surface area contributed by atoms with Crippen molar-refractivity contribution in [2.45, 2.75) is 57.7 Å². The Balaban J connectivity index is 1.71. The standard InChI is InChI=1S/C17H22N2O4/c1-12-7-8-13(23-12)9-10-17(20)18-11-3-4-14-15(18)5-2-6-16(14)19(21)22/h2,5-6,12-13H,3-4,7-11H2,1H3. The molecule has 124 valence electrons. The van der Waals surface area contributed by atoms with E-state index in [1.54, 1.807) is 11.0 Å². The van der Waals surface area contributed by atoms with Crippen molar-refractivity contribution in [3.8, 4) is 0 Å². The maximum absolute atomic E-state index is 12.6. The summed E-state index contributed by atoms with van der Waals surface area (Å²) in [5.74, 6) is 0.0367. The first-order chi connectivity index (χ1) is 11.1. The second-order valence-electron chi connectivity index (χ2n) is 6.37. The molecule has 0 bridgehead atoms. The topological polar surface area (TPSA) is 72.7 Å². The lowest BCUT2D eigenvalue weighted by molar-refractivity contribution is -0.385. The average molecular weight is 318 g/mol. The molecule has 0 radical (unpaired) electrons. The van der Waals surface area contributed by atoms with Gasteiger partial charge in [0.05, 0.1) is 28.4 Å². The molecule has 2 atom stereocenters. The van der Waals surface area contributed by atoms with E-state index in [9.17, 15) is 14.9 Å². The van der Waals surface area contributed by atoms with Crippen LogP contribution in [0.1, 0.15) is 44.6 Å². The van der Waals surface area contributed by atoms with Crippen LogP contribution < -0.4 is 4.90 Å². The summed E-state index contributed by atoms with van der Waals surface area (Å²) >= 11 is 0. The molecular formula is C17H22N2O4. The third kappa shape index (κ3) is 3.37. The molecule has 23 heavy (non-hydrogen) atoms. The maximum Gasteiger partial charge on any atom is 0.274 e. The van der Waals surface area contributed by atoms with Gasteiger partial charge in [0, 0.05) is 19.0 Å². The minimum Gasteiger partial charge on any atom is -0.375 e. The molecule has 0 N–H and O–H groups in total. The number of amides is 1. The highest BCUT2D eigenvalue weighted by molar-refractivity contribution is 5.95. The van der Waals surface area contributed by atoms with Gasteiger partial charge in [-0.2, -0.15) is 0 Å². The van der Waals surface area contributed by atoms with E-state index in [1.165, 1.54) is 6.07 Å². The zero-order chi connectivity index (χ0) is 16.4. The molecule has 6 heteroatoms. The number of benzene rings is 1. The van der Waals surface area contributed by atoms with Gasteiger partial charge in [-0.3, -0.25) is 14.9 Å². The van der Waals surface area contributed by atoms with Gasteiger partial charge in [-0.05, 0) is 45.1 Å². The summed E-state index contributed by atoms with van der Waals surface area (Å²) in [5.41, 5.74) is 1.51. The molecule has 0 aromatic heterocycles. The lowest BCUT2D eigenvalue weighted by Gasteiger charge is -2.29. The van der Waals surface area contributed by atoms with Gasteiger partial charge in [0.1, 0.15) is 0 Å². The van der Waals surface area contributed by atoms with Crippen molar-refractivity contribution in [1.82, 2.24) is 0 Å². The molecule has 2 aliphatic rings. The number of carbonyl (C=O) groups is 1. The lowest BCUT2D eigenvalue weighted by Crippen LogP contribution is -2.36. The highest BCUT2D eigenvalue weighted by Crippen LogP contribution is 2.34. The van der Waals surface area contributed by atoms with Crippen LogP contribution in [0, 0.1) is 10.1 Å². The molecule has 2 heterocycles. The Hall–Kier alpha value is -1.95. The van der Waals surface area contributed by atoms with Crippen LogP contribution >= 0.6 is 0 Å². The Morgan fingerprint density at radius 3 is 2.96 bits per heavy atom. The van der Waals surface area contributed by atoms with E-state index in [-0.39, 0.29) is 28.7 Å². The number of rotatable bonds is 4. The summed E-state index contributed by atoms with van der Waals surface area (Å²) in [6, 6.07) is 4.98. The molecular weight excluding hydrogens is 296 g/mol. The van der Waals surface area contributed by atoms with Crippen LogP contribution in [0.2, 0.25) is 0 Å². The van der Waals surface area contributed by atoms with Gasteiger partial charge in [0.15, 0.2) is 0 Å². The molecule has 3 rings (SSSR count). The van der Waals surface area contributed by atoms with Crippen LogP contribution in [0.5, 0.6) is 0 Å². The van der Waals surface area contributed by atoms with Gasteiger partial charge in [-0.1, -0.05) is 6.07 Å². The number of nitro benzene ring substituents is 1. The number of carbonyl (C=O) groups excluding carboxylic acids is 1. The van der Waals surface area contributed by atoms with Gasteiger partial charge in [0.25, 0.3) is 5.69 Å². The molecule has 6 nitrogen and oxygen atoms in total.